The first-order valence-corrected chi connectivity index (χ1v) is 11.3. The number of halogens is 1. The fourth-order valence-electron chi connectivity index (χ4n) is 3.23. The van der Waals surface area contributed by atoms with Crippen molar-refractivity contribution in [2.45, 2.75) is 13.1 Å². The van der Waals surface area contributed by atoms with E-state index in [2.05, 4.69) is 20.5 Å². The molecule has 5 rings (SSSR count). The monoisotopic (exact) mass is 481 g/mol. The molecule has 3 aromatic heterocycles. The zero-order valence-corrected chi connectivity index (χ0v) is 18.9. The van der Waals surface area contributed by atoms with Gasteiger partial charge in [0.15, 0.2) is 21.4 Å². The smallest absolute Gasteiger partial charge is 0.240 e. The van der Waals surface area contributed by atoms with Crippen molar-refractivity contribution in [1.29, 1.82) is 0 Å². The number of carbonyl (C=O) groups excluding carboxylic acids is 1. The summed E-state index contributed by atoms with van der Waals surface area (Å²) in [4.78, 5) is 17.2. The Morgan fingerprint density at radius 3 is 2.78 bits per heavy atom. The van der Waals surface area contributed by atoms with Crippen molar-refractivity contribution in [1.82, 2.24) is 25.1 Å². The van der Waals surface area contributed by atoms with Gasteiger partial charge in [-0.25, -0.2) is 4.98 Å². The maximum absolute atomic E-state index is 12.6. The van der Waals surface area contributed by atoms with E-state index in [0.29, 0.717) is 27.1 Å². The number of rotatable bonds is 6. The molecule has 2 N–H and O–H groups in total. The highest BCUT2D eigenvalue weighted by molar-refractivity contribution is 7.71. The highest BCUT2D eigenvalue weighted by Crippen LogP contribution is 2.31. The zero-order valence-electron chi connectivity index (χ0n) is 16.5. The van der Waals surface area contributed by atoms with Gasteiger partial charge in [-0.1, -0.05) is 23.7 Å². The highest BCUT2D eigenvalue weighted by atomic mass is 35.5. The largest absolute Gasteiger partial charge is 0.457 e. The number of aromatic amines is 1. The molecule has 3 heterocycles. The van der Waals surface area contributed by atoms with Crippen LogP contribution in [0.3, 0.4) is 0 Å². The second kappa shape index (κ2) is 8.70. The van der Waals surface area contributed by atoms with Crippen molar-refractivity contribution in [2.75, 3.05) is 0 Å². The summed E-state index contributed by atoms with van der Waals surface area (Å²) in [5, 5.41) is 11.3. The lowest BCUT2D eigenvalue weighted by Crippen LogP contribution is -2.27. The van der Waals surface area contributed by atoms with Crippen molar-refractivity contribution in [3.63, 3.8) is 0 Å². The molecule has 0 aliphatic heterocycles. The number of nitrogens with one attached hydrogen (secondary N) is 2. The number of furan rings is 1. The lowest BCUT2D eigenvalue weighted by Gasteiger charge is -2.07. The van der Waals surface area contributed by atoms with Gasteiger partial charge in [-0.2, -0.15) is 5.10 Å². The van der Waals surface area contributed by atoms with Crippen LogP contribution in [0, 0.1) is 4.77 Å². The Bertz CT molecular complexity index is 1430. The van der Waals surface area contributed by atoms with Gasteiger partial charge < -0.3 is 9.73 Å². The van der Waals surface area contributed by atoms with Crippen LogP contribution in [-0.4, -0.2) is 25.7 Å². The summed E-state index contributed by atoms with van der Waals surface area (Å²) in [7, 11) is 0. The topological polar surface area (TPSA) is 88.7 Å². The van der Waals surface area contributed by atoms with Crippen LogP contribution in [0.5, 0.6) is 0 Å². The molecule has 0 bridgehead atoms. The molecule has 7 nitrogen and oxygen atoms in total. The first-order valence-electron chi connectivity index (χ1n) is 9.69. The molecule has 0 saturated heterocycles. The van der Waals surface area contributed by atoms with Crippen LogP contribution in [-0.2, 0) is 17.9 Å². The molecule has 10 heteroatoms. The van der Waals surface area contributed by atoms with E-state index >= 15 is 0 Å². The molecule has 0 saturated carbocycles. The Labute approximate surface area is 196 Å². The molecule has 0 fully saturated rings. The summed E-state index contributed by atoms with van der Waals surface area (Å²) in [6, 6.07) is 18.8. The molecule has 0 spiro atoms. The molecule has 2 aromatic carbocycles. The molecular weight excluding hydrogens is 466 g/mol. The van der Waals surface area contributed by atoms with Crippen LogP contribution >= 0.6 is 35.2 Å². The average Bonchev–Trinajstić information content (AvgIpc) is 3.52. The fourth-order valence-corrected chi connectivity index (χ4v) is 4.48. The van der Waals surface area contributed by atoms with Crippen molar-refractivity contribution >= 4 is 51.3 Å². The summed E-state index contributed by atoms with van der Waals surface area (Å²) in [6.45, 7) is 0.282. The molecular formula is C22H16ClN5O2S2. The molecule has 0 aliphatic carbocycles. The summed E-state index contributed by atoms with van der Waals surface area (Å²) >= 11 is 12.8. The Morgan fingerprint density at radius 2 is 1.97 bits per heavy atom. The maximum Gasteiger partial charge on any atom is 0.240 e. The van der Waals surface area contributed by atoms with Gasteiger partial charge >= 0.3 is 0 Å². The van der Waals surface area contributed by atoms with Crippen LogP contribution in [0.2, 0.25) is 5.02 Å². The molecule has 0 unspecified atom stereocenters. The zero-order chi connectivity index (χ0) is 22.1. The summed E-state index contributed by atoms with van der Waals surface area (Å²) in [5.74, 6) is 1.67. The van der Waals surface area contributed by atoms with Crippen LogP contribution < -0.4 is 5.32 Å². The first kappa shape index (κ1) is 20.6. The number of aromatic nitrogens is 4. The van der Waals surface area contributed by atoms with E-state index in [9.17, 15) is 4.79 Å². The molecule has 0 atom stereocenters. The minimum Gasteiger partial charge on any atom is -0.457 e. The van der Waals surface area contributed by atoms with Gasteiger partial charge in [0.05, 0.1) is 16.8 Å². The summed E-state index contributed by atoms with van der Waals surface area (Å²) < 4.78 is 8.99. The quantitative estimate of drug-likeness (QED) is 0.315. The number of hydrogen-bond acceptors (Lipinski definition) is 6. The third-order valence-corrected chi connectivity index (χ3v) is 6.40. The lowest BCUT2D eigenvalue weighted by atomic mass is 10.2. The predicted octanol–water partition coefficient (Wildman–Crippen LogP) is 5.45. The summed E-state index contributed by atoms with van der Waals surface area (Å²) in [5.41, 5.74) is 1.74. The van der Waals surface area contributed by atoms with E-state index in [0.717, 1.165) is 20.8 Å². The predicted molar refractivity (Wildman–Crippen MR) is 127 cm³/mol. The van der Waals surface area contributed by atoms with Gasteiger partial charge in [0, 0.05) is 10.6 Å². The molecule has 1 amide bonds. The Morgan fingerprint density at radius 1 is 1.16 bits per heavy atom. The van der Waals surface area contributed by atoms with Gasteiger partial charge in [0.25, 0.3) is 0 Å². The van der Waals surface area contributed by atoms with E-state index in [4.69, 9.17) is 28.2 Å². The van der Waals surface area contributed by atoms with Gasteiger partial charge in [0.1, 0.15) is 12.3 Å². The third-order valence-electron chi connectivity index (χ3n) is 4.79. The molecule has 0 radical (unpaired) electrons. The molecule has 160 valence electrons. The number of nitrogens with zero attached hydrogens (tertiary/aromatic N) is 3. The van der Waals surface area contributed by atoms with Gasteiger partial charge in [0.2, 0.25) is 5.91 Å². The number of fused-ring (bicyclic) bond motifs is 1. The standard InChI is InChI=1S/C22H16ClN5O2S2/c23-14-7-5-13(6-8-14)20-26-27-22(31)28(20)12-19(29)24-11-15-9-10-17(30-15)21-25-16-3-1-2-4-18(16)32-21/h1-10H,11-12H2,(H,24,29)(H,27,31). The second-order valence-corrected chi connectivity index (χ2v) is 8.83. The number of thiazole rings is 1. The Hall–Kier alpha value is -3.27. The maximum atomic E-state index is 12.6. The fraction of sp³-hybridized carbons (Fsp3) is 0.0909. The SMILES string of the molecule is O=C(Cn1c(-c2ccc(Cl)cc2)n[nH]c1=S)NCc1ccc(-c2nc3ccccc3s2)o1. The van der Waals surface area contributed by atoms with Crippen LogP contribution in [0.25, 0.3) is 32.4 Å². The van der Waals surface area contributed by atoms with Crippen LogP contribution in [0.4, 0.5) is 0 Å². The minimum atomic E-state index is -0.212. The minimum absolute atomic E-state index is 0.0265. The van der Waals surface area contributed by atoms with Crippen LogP contribution in [0.15, 0.2) is 65.1 Å². The first-order chi connectivity index (χ1) is 15.6. The second-order valence-electron chi connectivity index (χ2n) is 6.97. The average molecular weight is 482 g/mol. The van der Waals surface area contributed by atoms with Crippen molar-refractivity contribution < 1.29 is 9.21 Å². The number of para-hydroxylation sites is 1. The van der Waals surface area contributed by atoms with Gasteiger partial charge in [-0.3, -0.25) is 14.5 Å². The highest BCUT2D eigenvalue weighted by Gasteiger charge is 2.14. The Balaban J connectivity index is 1.26. The number of benzene rings is 2. The van der Waals surface area contributed by atoms with Crippen molar-refractivity contribution in [2.24, 2.45) is 0 Å². The third kappa shape index (κ3) is 4.22. The number of hydrogen-bond donors (Lipinski definition) is 2. The number of H-pyrrole nitrogens is 1. The number of carbonyl (C=O) groups is 1. The van der Waals surface area contributed by atoms with E-state index in [1.807, 2.05) is 48.5 Å². The molecule has 5 aromatic rings. The van der Waals surface area contributed by atoms with E-state index < -0.39 is 0 Å². The normalized spacial score (nSPS) is 11.2. The lowest BCUT2D eigenvalue weighted by molar-refractivity contribution is -0.121. The molecule has 32 heavy (non-hydrogen) atoms. The van der Waals surface area contributed by atoms with E-state index in [1.165, 1.54) is 0 Å². The van der Waals surface area contributed by atoms with Crippen LogP contribution in [0.1, 0.15) is 5.76 Å². The van der Waals surface area contributed by atoms with Gasteiger partial charge in [-0.15, -0.1) is 11.3 Å². The summed E-state index contributed by atoms with van der Waals surface area (Å²) in [6.07, 6.45) is 0. The molecule has 0 aliphatic rings. The Kier molecular flexibility index (Phi) is 5.60. The van der Waals surface area contributed by atoms with E-state index in [-0.39, 0.29) is 19.0 Å². The van der Waals surface area contributed by atoms with Crippen molar-refractivity contribution in [3.8, 4) is 22.2 Å². The number of amides is 1. The van der Waals surface area contributed by atoms with E-state index in [1.54, 1.807) is 28.0 Å². The van der Waals surface area contributed by atoms with Crippen molar-refractivity contribution in [3.05, 3.63) is 76.2 Å². The van der Waals surface area contributed by atoms with Gasteiger partial charge in [-0.05, 0) is 60.7 Å².